The van der Waals surface area contributed by atoms with Crippen molar-refractivity contribution in [1.82, 2.24) is 10.3 Å². The summed E-state index contributed by atoms with van der Waals surface area (Å²) in [4.78, 5) is 41.1. The van der Waals surface area contributed by atoms with Gasteiger partial charge in [0.05, 0.1) is 41.7 Å². The number of carbonyl (C=O) groups is 3. The van der Waals surface area contributed by atoms with Crippen molar-refractivity contribution in [1.29, 1.82) is 0 Å². The van der Waals surface area contributed by atoms with Crippen LogP contribution in [0.25, 0.3) is 0 Å². The highest BCUT2D eigenvalue weighted by Gasteiger charge is 2.39. The van der Waals surface area contributed by atoms with Crippen LogP contribution in [0.4, 0.5) is 0 Å². The molecule has 2 heterocycles. The zero-order valence-corrected chi connectivity index (χ0v) is 16.4. The quantitative estimate of drug-likeness (QED) is 0.559. The smallest absolute Gasteiger partial charge is 0.336 e. The summed E-state index contributed by atoms with van der Waals surface area (Å²) in [6, 6.07) is 5.21. The summed E-state index contributed by atoms with van der Waals surface area (Å²) in [7, 11) is 0. The number of hydrogen-bond acceptors (Lipinski definition) is 8. The van der Waals surface area contributed by atoms with Gasteiger partial charge < -0.3 is 19.5 Å². The number of nitrogens with zero attached hydrogens (tertiary/aromatic N) is 1. The molecule has 1 aromatic heterocycles. The number of hydrogen-bond donors (Lipinski definition) is 1. The van der Waals surface area contributed by atoms with E-state index >= 15 is 0 Å². The molecule has 0 saturated heterocycles. The Hall–Kier alpha value is -3.16. The highest BCUT2D eigenvalue weighted by Crippen LogP contribution is 2.38. The molecule has 0 fully saturated rings. The van der Waals surface area contributed by atoms with E-state index in [1.54, 1.807) is 45.2 Å². The van der Waals surface area contributed by atoms with E-state index in [-0.39, 0.29) is 31.0 Å². The second-order valence-corrected chi connectivity index (χ2v) is 5.96. The molecule has 1 aromatic rings. The van der Waals surface area contributed by atoms with Gasteiger partial charge in [-0.3, -0.25) is 9.78 Å². The summed E-state index contributed by atoms with van der Waals surface area (Å²) in [6.45, 7) is 6.52. The molecule has 8 nitrogen and oxygen atoms in total. The Bertz CT molecular complexity index is 813. The fourth-order valence-corrected chi connectivity index (χ4v) is 2.96. The van der Waals surface area contributed by atoms with Gasteiger partial charge in [0.15, 0.2) is 0 Å². The predicted molar refractivity (Wildman–Crippen MR) is 99.7 cm³/mol. The molecule has 0 aliphatic carbocycles. The van der Waals surface area contributed by atoms with Crippen molar-refractivity contribution in [2.45, 2.75) is 33.6 Å². The van der Waals surface area contributed by atoms with Gasteiger partial charge in [-0.25, -0.2) is 9.59 Å². The Morgan fingerprint density at radius 3 is 2.21 bits per heavy atom. The summed E-state index contributed by atoms with van der Waals surface area (Å²) in [6.07, 6.45) is 1.57. The van der Waals surface area contributed by atoms with Crippen molar-refractivity contribution in [2.75, 3.05) is 19.8 Å². The average Bonchev–Trinajstić information content (AvgIpc) is 2.66. The van der Waals surface area contributed by atoms with Crippen molar-refractivity contribution in [2.24, 2.45) is 0 Å². The van der Waals surface area contributed by atoms with Gasteiger partial charge in [-0.1, -0.05) is 6.07 Å². The maximum atomic E-state index is 12.8. The topological polar surface area (TPSA) is 104 Å². The van der Waals surface area contributed by atoms with E-state index < -0.39 is 23.8 Å². The largest absolute Gasteiger partial charge is 0.463 e. The summed E-state index contributed by atoms with van der Waals surface area (Å²) < 4.78 is 15.5. The first kappa shape index (κ1) is 21.1. The zero-order valence-electron chi connectivity index (χ0n) is 16.4. The first-order valence-electron chi connectivity index (χ1n) is 9.00. The van der Waals surface area contributed by atoms with E-state index in [1.807, 2.05) is 0 Å². The van der Waals surface area contributed by atoms with Gasteiger partial charge in [-0.05, 0) is 32.9 Å². The fraction of sp³-hybridized carbons (Fsp3) is 0.400. The molecule has 1 aliphatic heterocycles. The Morgan fingerprint density at radius 2 is 1.68 bits per heavy atom. The number of dihydropyridines is 1. The Balaban J connectivity index is 2.65. The van der Waals surface area contributed by atoms with Gasteiger partial charge in [-0.15, -0.1) is 0 Å². The molecule has 8 heteroatoms. The van der Waals surface area contributed by atoms with E-state index in [0.29, 0.717) is 17.1 Å². The number of aromatic nitrogens is 1. The molecule has 1 N–H and O–H groups in total. The van der Waals surface area contributed by atoms with Crippen LogP contribution in [0, 0.1) is 0 Å². The number of allylic oxidation sites excluding steroid dienone is 1. The molecule has 0 saturated carbocycles. The van der Waals surface area contributed by atoms with Crippen LogP contribution in [-0.4, -0.2) is 42.7 Å². The minimum atomic E-state index is -0.814. The zero-order chi connectivity index (χ0) is 20.7. The summed E-state index contributed by atoms with van der Waals surface area (Å²) in [5.74, 6) is -2.49. The van der Waals surface area contributed by atoms with Crippen LogP contribution < -0.4 is 5.32 Å². The minimum Gasteiger partial charge on any atom is -0.463 e. The number of carbonyl (C=O) groups excluding carboxylic acids is 3. The van der Waals surface area contributed by atoms with Crippen LogP contribution in [0.5, 0.6) is 0 Å². The van der Waals surface area contributed by atoms with Gasteiger partial charge in [0.1, 0.15) is 6.61 Å². The maximum absolute atomic E-state index is 12.8. The van der Waals surface area contributed by atoms with Crippen LogP contribution in [0.2, 0.25) is 0 Å². The van der Waals surface area contributed by atoms with E-state index in [0.717, 1.165) is 0 Å². The van der Waals surface area contributed by atoms with Crippen molar-refractivity contribution in [3.05, 3.63) is 52.6 Å². The lowest BCUT2D eigenvalue weighted by atomic mass is 9.82. The number of rotatable bonds is 7. The Labute approximate surface area is 163 Å². The van der Waals surface area contributed by atoms with Crippen LogP contribution in [0.1, 0.15) is 39.3 Å². The second kappa shape index (κ2) is 9.68. The standard InChI is InChI=1S/C20H24N2O6/c1-5-26-19(24)16-12(3)22-15(11-28-13(4)23)18(20(25)27-6-2)17(16)14-9-7-8-10-21-14/h7-10,17,22H,5-6,11H2,1-4H3. The molecule has 0 bridgehead atoms. The third-order valence-electron chi connectivity index (χ3n) is 4.04. The molecule has 2 rings (SSSR count). The number of pyridine rings is 1. The average molecular weight is 388 g/mol. The van der Waals surface area contributed by atoms with Crippen molar-refractivity contribution in [3.8, 4) is 0 Å². The summed E-state index contributed by atoms with van der Waals surface area (Å²) in [5, 5.41) is 3.00. The van der Waals surface area contributed by atoms with Crippen LogP contribution in [0.3, 0.4) is 0 Å². The number of nitrogens with one attached hydrogen (secondary N) is 1. The molecule has 0 aromatic carbocycles. The van der Waals surface area contributed by atoms with E-state index in [4.69, 9.17) is 14.2 Å². The van der Waals surface area contributed by atoms with E-state index in [2.05, 4.69) is 10.3 Å². The molecule has 0 amide bonds. The molecule has 150 valence electrons. The fourth-order valence-electron chi connectivity index (χ4n) is 2.96. The van der Waals surface area contributed by atoms with E-state index in [1.165, 1.54) is 6.92 Å². The molecule has 28 heavy (non-hydrogen) atoms. The Kier molecular flexibility index (Phi) is 7.31. The monoisotopic (exact) mass is 388 g/mol. The second-order valence-electron chi connectivity index (χ2n) is 5.96. The lowest BCUT2D eigenvalue weighted by molar-refractivity contribution is -0.142. The molecule has 1 aliphatic rings. The van der Waals surface area contributed by atoms with Crippen molar-refractivity contribution >= 4 is 17.9 Å². The first-order chi connectivity index (χ1) is 13.4. The predicted octanol–water partition coefficient (Wildman–Crippen LogP) is 1.99. The van der Waals surface area contributed by atoms with Gasteiger partial charge in [0.2, 0.25) is 0 Å². The minimum absolute atomic E-state index is 0.148. The van der Waals surface area contributed by atoms with Crippen molar-refractivity contribution in [3.63, 3.8) is 0 Å². The van der Waals surface area contributed by atoms with Crippen LogP contribution >= 0.6 is 0 Å². The van der Waals surface area contributed by atoms with Crippen molar-refractivity contribution < 1.29 is 28.6 Å². The third-order valence-corrected chi connectivity index (χ3v) is 4.04. The first-order valence-corrected chi connectivity index (χ1v) is 9.00. The number of ether oxygens (including phenoxy) is 3. The normalized spacial score (nSPS) is 16.4. The van der Waals surface area contributed by atoms with E-state index in [9.17, 15) is 14.4 Å². The third kappa shape index (κ3) is 4.76. The van der Waals surface area contributed by atoms with Crippen LogP contribution in [-0.2, 0) is 28.6 Å². The molecule has 1 atom stereocenters. The summed E-state index contributed by atoms with van der Waals surface area (Å²) in [5.41, 5.74) is 1.74. The molecule has 0 radical (unpaired) electrons. The van der Waals surface area contributed by atoms with Gasteiger partial charge in [0, 0.05) is 18.8 Å². The number of esters is 3. The SMILES string of the molecule is CCOC(=O)C1=C(C)NC(COC(C)=O)=C(C(=O)OCC)C1c1ccccn1. The van der Waals surface area contributed by atoms with Gasteiger partial charge in [0.25, 0.3) is 0 Å². The lowest BCUT2D eigenvalue weighted by Gasteiger charge is -2.30. The molecule has 1 unspecified atom stereocenters. The molecular formula is C20H24N2O6. The Morgan fingerprint density at radius 1 is 1.04 bits per heavy atom. The van der Waals surface area contributed by atoms with Crippen LogP contribution in [0.15, 0.2) is 46.9 Å². The highest BCUT2D eigenvalue weighted by atomic mass is 16.5. The molecule has 0 spiro atoms. The summed E-state index contributed by atoms with van der Waals surface area (Å²) >= 11 is 0. The van der Waals surface area contributed by atoms with Gasteiger partial charge in [-0.2, -0.15) is 0 Å². The highest BCUT2D eigenvalue weighted by molar-refractivity contribution is 5.99. The maximum Gasteiger partial charge on any atom is 0.336 e. The van der Waals surface area contributed by atoms with Gasteiger partial charge >= 0.3 is 17.9 Å². The lowest BCUT2D eigenvalue weighted by Crippen LogP contribution is -2.35. The molecular weight excluding hydrogens is 364 g/mol.